The van der Waals surface area contributed by atoms with Crippen molar-refractivity contribution in [2.75, 3.05) is 6.54 Å². The van der Waals surface area contributed by atoms with Crippen LogP contribution in [0.2, 0.25) is 0 Å². The van der Waals surface area contributed by atoms with Gasteiger partial charge in [0.15, 0.2) is 5.76 Å². The molecule has 1 atom stereocenters. The molecule has 1 aliphatic rings. The fourth-order valence-corrected chi connectivity index (χ4v) is 4.29. The second kappa shape index (κ2) is 11.5. The molecule has 3 amide bonds. The Bertz CT molecular complexity index is 1110. The SMILES string of the molecule is O=C(NCC(=O)N(Cc1ccco1)[C@@H](C(=O)NC1CCCCC1)c1ccc(F)cc1)c1ccco1. The van der Waals surface area contributed by atoms with Crippen molar-refractivity contribution in [2.24, 2.45) is 0 Å². The fourth-order valence-electron chi connectivity index (χ4n) is 4.29. The number of hydrogen-bond donors (Lipinski definition) is 2. The van der Waals surface area contributed by atoms with E-state index in [9.17, 15) is 18.8 Å². The van der Waals surface area contributed by atoms with Gasteiger partial charge in [0, 0.05) is 6.04 Å². The molecular weight excluding hydrogens is 453 g/mol. The van der Waals surface area contributed by atoms with Gasteiger partial charge in [-0.1, -0.05) is 31.4 Å². The quantitative estimate of drug-likeness (QED) is 0.481. The Hall–Kier alpha value is -3.88. The normalized spacial score (nSPS) is 14.8. The summed E-state index contributed by atoms with van der Waals surface area (Å²) in [6, 6.07) is 10.9. The molecule has 1 fully saturated rings. The average Bonchev–Trinajstić information content (AvgIpc) is 3.58. The Labute approximate surface area is 202 Å². The largest absolute Gasteiger partial charge is 0.467 e. The van der Waals surface area contributed by atoms with Crippen molar-refractivity contribution in [3.8, 4) is 0 Å². The monoisotopic (exact) mass is 481 g/mol. The third kappa shape index (κ3) is 6.38. The minimum atomic E-state index is -1.05. The lowest BCUT2D eigenvalue weighted by Crippen LogP contribution is -2.49. The topological polar surface area (TPSA) is 105 Å². The highest BCUT2D eigenvalue weighted by molar-refractivity contribution is 5.95. The lowest BCUT2D eigenvalue weighted by Gasteiger charge is -2.33. The highest BCUT2D eigenvalue weighted by Gasteiger charge is 2.33. The lowest BCUT2D eigenvalue weighted by atomic mass is 9.94. The molecule has 184 valence electrons. The number of halogens is 1. The van der Waals surface area contributed by atoms with Gasteiger partial charge in [0.1, 0.15) is 17.6 Å². The van der Waals surface area contributed by atoms with E-state index in [0.717, 1.165) is 32.1 Å². The van der Waals surface area contributed by atoms with Crippen molar-refractivity contribution in [1.82, 2.24) is 15.5 Å². The van der Waals surface area contributed by atoms with E-state index in [4.69, 9.17) is 8.83 Å². The lowest BCUT2D eigenvalue weighted by molar-refractivity contribution is -0.141. The zero-order chi connectivity index (χ0) is 24.6. The van der Waals surface area contributed by atoms with E-state index in [1.807, 2.05) is 0 Å². The van der Waals surface area contributed by atoms with Gasteiger partial charge >= 0.3 is 0 Å². The molecule has 0 unspecified atom stereocenters. The van der Waals surface area contributed by atoms with E-state index in [1.54, 1.807) is 18.2 Å². The molecule has 2 heterocycles. The molecule has 2 aromatic heterocycles. The third-order valence-corrected chi connectivity index (χ3v) is 6.07. The summed E-state index contributed by atoms with van der Waals surface area (Å²) in [5.41, 5.74) is 0.456. The molecule has 1 aromatic carbocycles. The van der Waals surface area contributed by atoms with E-state index in [2.05, 4.69) is 10.6 Å². The Morgan fingerprint density at radius 1 is 0.971 bits per heavy atom. The Morgan fingerprint density at radius 2 is 1.69 bits per heavy atom. The van der Waals surface area contributed by atoms with Crippen molar-refractivity contribution in [3.05, 3.63) is 84.0 Å². The smallest absolute Gasteiger partial charge is 0.287 e. The van der Waals surface area contributed by atoms with Gasteiger partial charge in [-0.2, -0.15) is 0 Å². The first-order valence-electron chi connectivity index (χ1n) is 11.7. The standard InChI is InChI=1S/C26H28FN3O5/c27-19-12-10-18(11-13-19)24(26(33)29-20-6-2-1-3-7-20)30(17-21-8-4-14-34-21)23(31)16-28-25(32)22-9-5-15-35-22/h4-5,8-15,20,24H,1-3,6-7,16-17H2,(H,28,32)(H,29,33)/t24-/m1/s1. The molecule has 1 saturated carbocycles. The maximum Gasteiger partial charge on any atom is 0.287 e. The molecule has 0 spiro atoms. The number of furan rings is 2. The summed E-state index contributed by atoms with van der Waals surface area (Å²) in [5, 5.41) is 5.61. The van der Waals surface area contributed by atoms with Crippen LogP contribution in [0, 0.1) is 5.82 Å². The van der Waals surface area contributed by atoms with Crippen molar-refractivity contribution in [2.45, 2.75) is 50.7 Å². The van der Waals surface area contributed by atoms with Crippen LogP contribution in [0.3, 0.4) is 0 Å². The summed E-state index contributed by atoms with van der Waals surface area (Å²) in [6.07, 6.45) is 7.76. The van der Waals surface area contributed by atoms with Gasteiger partial charge in [0.25, 0.3) is 5.91 Å². The Balaban J connectivity index is 1.60. The summed E-state index contributed by atoms with van der Waals surface area (Å²) in [6.45, 7) is -0.378. The van der Waals surface area contributed by atoms with Gasteiger partial charge in [0.2, 0.25) is 11.8 Å². The van der Waals surface area contributed by atoms with Crippen molar-refractivity contribution >= 4 is 17.7 Å². The first-order chi connectivity index (χ1) is 17.0. The van der Waals surface area contributed by atoms with Crippen LogP contribution in [-0.4, -0.2) is 35.2 Å². The molecule has 35 heavy (non-hydrogen) atoms. The predicted octanol–water partition coefficient (Wildman–Crippen LogP) is 3.96. The number of amides is 3. The van der Waals surface area contributed by atoms with Crippen LogP contribution in [0.4, 0.5) is 4.39 Å². The van der Waals surface area contributed by atoms with Gasteiger partial charge in [0.05, 0.1) is 25.6 Å². The van der Waals surface area contributed by atoms with Gasteiger partial charge in [-0.15, -0.1) is 0 Å². The summed E-state index contributed by atoms with van der Waals surface area (Å²) in [4.78, 5) is 40.6. The second-order valence-electron chi connectivity index (χ2n) is 8.56. The third-order valence-electron chi connectivity index (χ3n) is 6.07. The number of nitrogens with one attached hydrogen (secondary N) is 2. The summed E-state index contributed by atoms with van der Waals surface area (Å²) < 4.78 is 24.2. The van der Waals surface area contributed by atoms with Crippen LogP contribution in [-0.2, 0) is 16.1 Å². The molecular formula is C26H28FN3O5. The van der Waals surface area contributed by atoms with E-state index in [-0.39, 0.29) is 30.8 Å². The molecule has 0 saturated heterocycles. The van der Waals surface area contributed by atoms with Crippen LogP contribution in [0.1, 0.15) is 60.0 Å². The minimum Gasteiger partial charge on any atom is -0.467 e. The fraction of sp³-hybridized carbons (Fsp3) is 0.346. The zero-order valence-corrected chi connectivity index (χ0v) is 19.2. The first-order valence-corrected chi connectivity index (χ1v) is 11.7. The average molecular weight is 482 g/mol. The first kappa shape index (κ1) is 24.3. The Kier molecular flexibility index (Phi) is 7.97. The van der Waals surface area contributed by atoms with Gasteiger partial charge in [-0.3, -0.25) is 14.4 Å². The molecule has 1 aliphatic carbocycles. The summed E-state index contributed by atoms with van der Waals surface area (Å²) >= 11 is 0. The highest BCUT2D eigenvalue weighted by Crippen LogP contribution is 2.26. The molecule has 0 bridgehead atoms. The van der Waals surface area contributed by atoms with Crippen LogP contribution in [0.15, 0.2) is 69.9 Å². The van der Waals surface area contributed by atoms with Gasteiger partial charge < -0.3 is 24.4 Å². The van der Waals surface area contributed by atoms with E-state index < -0.39 is 23.7 Å². The molecule has 9 heteroatoms. The molecule has 4 rings (SSSR count). The highest BCUT2D eigenvalue weighted by atomic mass is 19.1. The predicted molar refractivity (Wildman–Crippen MR) is 124 cm³/mol. The van der Waals surface area contributed by atoms with Crippen molar-refractivity contribution in [1.29, 1.82) is 0 Å². The summed E-state index contributed by atoms with van der Waals surface area (Å²) in [7, 11) is 0. The van der Waals surface area contributed by atoms with Gasteiger partial charge in [-0.05, 0) is 54.8 Å². The second-order valence-corrected chi connectivity index (χ2v) is 8.56. The van der Waals surface area contributed by atoms with Crippen LogP contribution < -0.4 is 10.6 Å². The maximum absolute atomic E-state index is 13.7. The number of rotatable bonds is 9. The van der Waals surface area contributed by atoms with Crippen molar-refractivity contribution in [3.63, 3.8) is 0 Å². The van der Waals surface area contributed by atoms with Crippen LogP contribution in [0.5, 0.6) is 0 Å². The number of carbonyl (C=O) groups excluding carboxylic acids is 3. The zero-order valence-electron chi connectivity index (χ0n) is 19.2. The van der Waals surface area contributed by atoms with Crippen LogP contribution in [0.25, 0.3) is 0 Å². The number of hydrogen-bond acceptors (Lipinski definition) is 5. The van der Waals surface area contributed by atoms with Crippen LogP contribution >= 0.6 is 0 Å². The molecule has 3 aromatic rings. The number of carbonyl (C=O) groups is 3. The van der Waals surface area contributed by atoms with E-state index >= 15 is 0 Å². The van der Waals surface area contributed by atoms with Crippen molar-refractivity contribution < 1.29 is 27.6 Å². The van der Waals surface area contributed by atoms with Gasteiger partial charge in [-0.25, -0.2) is 4.39 Å². The Morgan fingerprint density at radius 3 is 2.34 bits per heavy atom. The van der Waals surface area contributed by atoms with E-state index in [1.165, 1.54) is 47.8 Å². The molecule has 8 nitrogen and oxygen atoms in total. The molecule has 0 aliphatic heterocycles. The maximum atomic E-state index is 13.7. The minimum absolute atomic E-state index is 0.0113. The molecule has 0 radical (unpaired) electrons. The van der Waals surface area contributed by atoms with E-state index in [0.29, 0.717) is 11.3 Å². The number of nitrogens with zero attached hydrogens (tertiary/aromatic N) is 1. The number of benzene rings is 1. The summed E-state index contributed by atoms with van der Waals surface area (Å²) in [5.74, 6) is -1.33. The molecule has 2 N–H and O–H groups in total.